The van der Waals surface area contributed by atoms with Gasteiger partial charge >= 0.3 is 0 Å². The van der Waals surface area contributed by atoms with Crippen molar-refractivity contribution in [3.05, 3.63) is 148 Å². The van der Waals surface area contributed by atoms with Crippen molar-refractivity contribution in [2.75, 3.05) is 48.3 Å². The number of fused-ring (bicyclic) bond motifs is 2. The fourth-order valence-corrected chi connectivity index (χ4v) is 9.45. The monoisotopic (exact) mass is 1010 g/mol. The van der Waals surface area contributed by atoms with Crippen molar-refractivity contribution >= 4 is 68.0 Å². The van der Waals surface area contributed by atoms with Gasteiger partial charge in [0.05, 0.1) is 17.1 Å². The molecular weight excluding hydrogens is 929 g/mol. The average Bonchev–Trinajstić information content (AvgIpc) is 3.35. The van der Waals surface area contributed by atoms with E-state index in [2.05, 4.69) is 130 Å². The zero-order valence-corrected chi connectivity index (χ0v) is 46.2. The molecule has 0 unspecified atom stereocenters. The predicted octanol–water partition coefficient (Wildman–Crippen LogP) is 12.9. The number of nitrogen functional groups attached to an aromatic ring is 2. The number of benzene rings is 5. The van der Waals surface area contributed by atoms with E-state index < -0.39 is 0 Å². The van der Waals surface area contributed by atoms with Crippen molar-refractivity contribution in [3.63, 3.8) is 0 Å². The number of anilines is 4. The summed E-state index contributed by atoms with van der Waals surface area (Å²) < 4.78 is 2.35. The summed E-state index contributed by atoms with van der Waals surface area (Å²) in [6, 6.07) is 27.8. The smallest absolute Gasteiger partial charge is 0.251 e. The standard InChI is InChI=1S/C63H80N10O2/c1-40-32-54(55(37-49(40)64)72-62(6,7)8)70-53-35-42(3)51(34-44(53)5)66-28-16-12-14-18-30-68-60(74)47-24-20-45(21-25-47)46-22-26-48(27-23-46)61(75)69-31-19-15-13-17-29-67-52-39-59-57(36-43(52)4)71-56-33-41(2)50(65)38-58(56)73(59)63(9,10)11/h20-27,32-39,66,72H,5,12-19,28-31,64H2,1-4,6-11H3,(H4,65,67,68,69,74,75)/p+1. The first kappa shape index (κ1) is 55.3. The normalized spacial score (nSPS) is 13.5. The van der Waals surface area contributed by atoms with Gasteiger partial charge in [0.25, 0.3) is 11.8 Å². The number of aromatic nitrogens is 2. The van der Waals surface area contributed by atoms with Crippen LogP contribution in [0.4, 0.5) is 28.4 Å². The van der Waals surface area contributed by atoms with Gasteiger partial charge in [0.15, 0.2) is 5.54 Å². The lowest BCUT2D eigenvalue weighted by molar-refractivity contribution is -0.707. The maximum absolute atomic E-state index is 13.0. The van der Waals surface area contributed by atoms with Gasteiger partial charge in [0, 0.05) is 98.5 Å². The molecule has 0 spiro atoms. The third-order valence-electron chi connectivity index (χ3n) is 13.7. The highest BCUT2D eigenvalue weighted by Crippen LogP contribution is 2.34. The third-order valence-corrected chi connectivity index (χ3v) is 13.7. The van der Waals surface area contributed by atoms with Crippen LogP contribution in [0.5, 0.6) is 0 Å². The number of carbonyl (C=O) groups is 2. The molecule has 9 N–H and O–H groups in total. The molecule has 1 aromatic heterocycles. The summed E-state index contributed by atoms with van der Waals surface area (Å²) in [4.78, 5) is 36.0. The van der Waals surface area contributed by atoms with E-state index in [0.717, 1.165) is 160 Å². The number of hydrogen-bond donors (Lipinski definition) is 7. The number of hydrogen-bond acceptors (Lipinski definition) is 9. The van der Waals surface area contributed by atoms with Crippen molar-refractivity contribution < 1.29 is 14.2 Å². The molecule has 0 fully saturated rings. The molecule has 12 heteroatoms. The minimum absolute atomic E-state index is 0.0718. The Bertz CT molecular complexity index is 3150. The van der Waals surface area contributed by atoms with Gasteiger partial charge in [-0.15, -0.1) is 0 Å². The van der Waals surface area contributed by atoms with Crippen LogP contribution in [-0.2, 0) is 5.54 Å². The maximum atomic E-state index is 13.0. The molecule has 75 heavy (non-hydrogen) atoms. The molecule has 7 rings (SSSR count). The molecule has 5 aromatic carbocycles. The molecule has 2 amide bonds. The highest BCUT2D eigenvalue weighted by molar-refractivity contribution is 6.13. The van der Waals surface area contributed by atoms with Gasteiger partial charge in [-0.2, -0.15) is 4.57 Å². The summed E-state index contributed by atoms with van der Waals surface area (Å²) in [6.45, 7) is 28.5. The van der Waals surface area contributed by atoms with E-state index in [4.69, 9.17) is 21.4 Å². The van der Waals surface area contributed by atoms with Gasteiger partial charge in [-0.3, -0.25) is 9.59 Å². The van der Waals surface area contributed by atoms with Crippen LogP contribution in [0.15, 0.2) is 125 Å². The van der Waals surface area contributed by atoms with Crippen LogP contribution in [0.3, 0.4) is 0 Å². The van der Waals surface area contributed by atoms with Crippen LogP contribution in [0.2, 0.25) is 0 Å². The second-order valence-corrected chi connectivity index (χ2v) is 22.3. The molecule has 394 valence electrons. The van der Waals surface area contributed by atoms with Crippen molar-refractivity contribution in [2.24, 2.45) is 4.99 Å². The summed E-state index contributed by atoms with van der Waals surface area (Å²) in [5, 5.41) is 17.0. The van der Waals surface area contributed by atoms with Gasteiger partial charge in [0.1, 0.15) is 11.0 Å². The van der Waals surface area contributed by atoms with E-state index in [1.165, 1.54) is 5.56 Å². The second kappa shape index (κ2) is 24.3. The molecule has 1 heterocycles. The van der Waals surface area contributed by atoms with Gasteiger partial charge in [-0.1, -0.05) is 56.5 Å². The number of nitrogens with one attached hydrogen (secondary N) is 5. The number of aryl methyl sites for hydroxylation is 3. The number of rotatable bonds is 21. The van der Waals surface area contributed by atoms with E-state index >= 15 is 0 Å². The summed E-state index contributed by atoms with van der Waals surface area (Å²) in [7, 11) is 0. The lowest BCUT2D eigenvalue weighted by Gasteiger charge is -2.24. The number of carbonyl (C=O) groups excluding carboxylic acids is 2. The van der Waals surface area contributed by atoms with Crippen molar-refractivity contribution in [1.29, 1.82) is 0 Å². The lowest BCUT2D eigenvalue weighted by atomic mass is 9.98. The Balaban J connectivity index is 0.762. The van der Waals surface area contributed by atoms with Crippen LogP contribution in [0.1, 0.15) is 137 Å². The van der Waals surface area contributed by atoms with Gasteiger partial charge < -0.3 is 38.1 Å². The maximum Gasteiger partial charge on any atom is 0.251 e. The number of nitrogens with zero attached hydrogens (tertiary/aromatic N) is 3. The topological polar surface area (TPSA) is 175 Å². The molecular formula is C63H81N10O2+. The Labute approximate surface area is 445 Å². The minimum Gasteiger partial charge on any atom is -0.398 e. The Kier molecular flexibility index (Phi) is 17.9. The molecule has 0 atom stereocenters. The zero-order chi connectivity index (χ0) is 54.0. The second-order valence-electron chi connectivity index (χ2n) is 22.3. The third kappa shape index (κ3) is 14.6. The molecule has 0 radical (unpaired) electrons. The van der Waals surface area contributed by atoms with Crippen molar-refractivity contribution in [1.82, 2.24) is 20.9 Å². The Morgan fingerprint density at radius 2 is 1.08 bits per heavy atom. The molecule has 12 nitrogen and oxygen atoms in total. The SMILES string of the molecule is C=C1C=C(NCCCCCCNC(=O)c2ccc(-c3ccc(C(=O)NCCCCCCNc4cc5c(cc4C)nc4cc(C)c(N)cc4[n+]5C(C)(C)C)cc3)cc2)C(C)=CC1=Nc1cc(C)c(N)cc1NC(C)(C)C. The lowest BCUT2D eigenvalue weighted by Crippen LogP contribution is -2.51. The number of allylic oxidation sites excluding steroid dienone is 4. The van der Waals surface area contributed by atoms with Crippen LogP contribution < -0.4 is 42.6 Å². The van der Waals surface area contributed by atoms with E-state index in [1.807, 2.05) is 74.5 Å². The summed E-state index contributed by atoms with van der Waals surface area (Å²) in [5.74, 6) is -0.147. The van der Waals surface area contributed by atoms with E-state index in [-0.39, 0.29) is 22.9 Å². The van der Waals surface area contributed by atoms with Gasteiger partial charge in [0.2, 0.25) is 11.0 Å². The minimum atomic E-state index is -0.172. The number of nitrogens with two attached hydrogens (primary N) is 2. The molecule has 1 aliphatic carbocycles. The van der Waals surface area contributed by atoms with Gasteiger partial charge in [-0.05, 0) is 174 Å². The molecule has 0 bridgehead atoms. The fraction of sp³-hybridized carbons (Fsp3) is 0.381. The summed E-state index contributed by atoms with van der Waals surface area (Å²) in [6.07, 6.45) is 12.2. The first-order valence-corrected chi connectivity index (χ1v) is 26.8. The number of aliphatic imine (C=N–C) groups is 1. The number of unbranched alkanes of at least 4 members (excludes halogenated alkanes) is 6. The van der Waals surface area contributed by atoms with Gasteiger partial charge in [-0.25, -0.2) is 9.98 Å². The molecule has 1 aliphatic rings. The fourth-order valence-electron chi connectivity index (χ4n) is 9.45. The van der Waals surface area contributed by atoms with E-state index in [1.54, 1.807) is 0 Å². The Morgan fingerprint density at radius 3 is 1.63 bits per heavy atom. The number of amides is 2. The van der Waals surface area contributed by atoms with Crippen LogP contribution >= 0.6 is 0 Å². The average molecular weight is 1010 g/mol. The van der Waals surface area contributed by atoms with Crippen LogP contribution in [0.25, 0.3) is 33.2 Å². The zero-order valence-electron chi connectivity index (χ0n) is 46.2. The molecule has 0 saturated heterocycles. The highest BCUT2D eigenvalue weighted by Gasteiger charge is 2.30. The predicted molar refractivity (Wildman–Crippen MR) is 315 cm³/mol. The van der Waals surface area contributed by atoms with Crippen molar-refractivity contribution in [2.45, 2.75) is 132 Å². The van der Waals surface area contributed by atoms with E-state index in [0.29, 0.717) is 24.2 Å². The first-order valence-electron chi connectivity index (χ1n) is 26.8. The van der Waals surface area contributed by atoms with E-state index in [9.17, 15) is 9.59 Å². The quantitative estimate of drug-likeness (QED) is 0.0161. The Hall–Kier alpha value is -7.47. The van der Waals surface area contributed by atoms with Crippen LogP contribution in [0, 0.1) is 20.8 Å². The van der Waals surface area contributed by atoms with Crippen molar-refractivity contribution in [3.8, 4) is 11.1 Å². The van der Waals surface area contributed by atoms with Crippen LogP contribution in [-0.4, -0.2) is 54.2 Å². The summed E-state index contributed by atoms with van der Waals surface area (Å²) >= 11 is 0. The summed E-state index contributed by atoms with van der Waals surface area (Å²) in [5.41, 5.74) is 31.0. The highest BCUT2D eigenvalue weighted by atomic mass is 16.2. The first-order chi connectivity index (χ1) is 35.6. The molecule has 0 aliphatic heterocycles. The molecule has 0 saturated carbocycles. The largest absolute Gasteiger partial charge is 0.398 e. The Morgan fingerprint density at radius 1 is 0.587 bits per heavy atom. The molecule has 6 aromatic rings.